The van der Waals surface area contributed by atoms with E-state index in [4.69, 9.17) is 26.8 Å². The topological polar surface area (TPSA) is 286 Å². The van der Waals surface area contributed by atoms with Gasteiger partial charge in [0.1, 0.15) is 24.3 Å². The number of nitrogens with zero attached hydrogens (tertiary/aromatic N) is 11. The Morgan fingerprint density at radius 1 is 1.06 bits per heavy atom. The van der Waals surface area contributed by atoms with E-state index in [9.17, 15) is 9.59 Å². The third-order valence-electron chi connectivity index (χ3n) is 2.04. The van der Waals surface area contributed by atoms with Gasteiger partial charge in [-0.05, 0) is 5.21 Å². The predicted molar refractivity (Wildman–Crippen MR) is 113 cm³/mol. The molecule has 0 atom stereocenters. The number of primary amides is 1. The number of H-pyrrole nitrogens is 1. The molecule has 34 heavy (non-hydrogen) atoms. The average Bonchev–Trinajstić information content (AvgIpc) is 3.35. The summed E-state index contributed by atoms with van der Waals surface area (Å²) in [6.07, 6.45) is 1.50. The molecule has 1 heterocycles. The van der Waals surface area contributed by atoms with Gasteiger partial charge in [0.2, 0.25) is 23.0 Å². The van der Waals surface area contributed by atoms with Crippen LogP contribution in [0.4, 0.5) is 0 Å². The maximum atomic E-state index is 10.1. The Morgan fingerprint density at radius 3 is 1.76 bits per heavy atom. The van der Waals surface area contributed by atoms with Crippen molar-refractivity contribution in [1.82, 2.24) is 41.8 Å². The Labute approximate surface area is 220 Å². The molecule has 0 aliphatic carbocycles. The summed E-state index contributed by atoms with van der Waals surface area (Å²) in [5.74, 6) is -0.645. The van der Waals surface area contributed by atoms with E-state index in [1.165, 1.54) is 33.6 Å². The number of aromatic amines is 1. The van der Waals surface area contributed by atoms with Gasteiger partial charge in [-0.2, -0.15) is 48.0 Å². The summed E-state index contributed by atoms with van der Waals surface area (Å²) in [6, 6.07) is 6.48. The largest absolute Gasteiger partial charge is 0.670 e. The fourth-order valence-electron chi connectivity index (χ4n) is 0.933. The van der Waals surface area contributed by atoms with Gasteiger partial charge >= 0.3 is 0 Å². The fourth-order valence-corrected chi connectivity index (χ4v) is 0.933. The van der Waals surface area contributed by atoms with E-state index in [1.807, 2.05) is 6.07 Å². The first-order valence-corrected chi connectivity index (χ1v) is 8.01. The number of nitrogens with one attached hydrogen (secondary N) is 4. The van der Waals surface area contributed by atoms with Crippen molar-refractivity contribution in [3.63, 3.8) is 0 Å². The van der Waals surface area contributed by atoms with Crippen molar-refractivity contribution in [3.8, 4) is 24.3 Å². The minimum atomic E-state index is -0.827. The average molecular weight is 545 g/mol. The Balaban J connectivity index is -0.000000181. The van der Waals surface area contributed by atoms with Gasteiger partial charge in [0.05, 0.1) is 0 Å². The van der Waals surface area contributed by atoms with Gasteiger partial charge < -0.3 is 31.7 Å². The standard InChI is InChI=1S/C4H5N7.C4H6N4O.C4H4N4.C3H5NO.Y/c1-6-7-3(2-5)4-8-10-11-9-4;1-7-8-3(2-5)4(6)9;1-7-8-4(2-5)3-6;1-4(2)3-5;/h6H,1H3,(H,8,9,10,11);7H,1H3,(H2,6,9);7H,1H3;1H2,2H3;/q;;;-2;/b7-3+;8-3+;;;. The zero-order chi connectivity index (χ0) is 26.1. The first-order chi connectivity index (χ1) is 15.7. The number of rotatable bonds is 6. The van der Waals surface area contributed by atoms with Crippen molar-refractivity contribution in [2.75, 3.05) is 28.2 Å². The minimum absolute atomic E-state index is 0. The second-order valence-electron chi connectivity index (χ2n) is 4.39. The molecule has 2 amide bonds. The predicted octanol–water partition coefficient (Wildman–Crippen LogP) is -3.40. The molecule has 6 N–H and O–H groups in total. The Morgan fingerprint density at radius 2 is 1.56 bits per heavy atom. The number of hydrazone groups is 3. The van der Waals surface area contributed by atoms with Gasteiger partial charge in [0.15, 0.2) is 0 Å². The van der Waals surface area contributed by atoms with E-state index >= 15 is 0 Å². The third kappa shape index (κ3) is 22.2. The molecule has 0 aliphatic heterocycles. The van der Waals surface area contributed by atoms with E-state index in [0.717, 1.165) is 4.90 Å². The van der Waals surface area contributed by atoms with Crippen LogP contribution >= 0.6 is 0 Å². The van der Waals surface area contributed by atoms with Crippen LogP contribution in [0.5, 0.6) is 0 Å². The Bertz CT molecular complexity index is 941. The molecular formula is C15H20N16O2Y-2. The molecule has 0 saturated carbocycles. The molecule has 0 bridgehead atoms. The van der Waals surface area contributed by atoms with Crippen molar-refractivity contribution in [2.45, 2.75) is 0 Å². The summed E-state index contributed by atoms with van der Waals surface area (Å²) in [6.45, 7) is 0. The molecule has 1 aromatic heterocycles. The minimum Gasteiger partial charge on any atom is -0.670 e. The van der Waals surface area contributed by atoms with E-state index < -0.39 is 5.91 Å². The van der Waals surface area contributed by atoms with E-state index in [1.54, 1.807) is 19.2 Å². The monoisotopic (exact) mass is 545 g/mol. The van der Waals surface area contributed by atoms with Crippen LogP contribution in [-0.4, -0.2) is 83.2 Å². The van der Waals surface area contributed by atoms with Crippen LogP contribution in [0, 0.1) is 52.4 Å². The van der Waals surface area contributed by atoms with Crippen molar-refractivity contribution in [1.29, 1.82) is 21.0 Å². The quantitative estimate of drug-likeness (QED) is 0.101. The van der Waals surface area contributed by atoms with Crippen LogP contribution in [0.2, 0.25) is 0 Å². The molecular weight excluding hydrogens is 525 g/mol. The number of hydrogen-bond donors (Lipinski definition) is 5. The molecule has 0 spiro atoms. The van der Waals surface area contributed by atoms with Gasteiger partial charge in [-0.25, -0.2) is 0 Å². The molecule has 0 unspecified atom stereocenters. The number of hydrogen-bond acceptors (Lipinski definition) is 15. The SMILES string of the molecule is CN/N=C(\C#N)C(N)=O.CN/N=C(\C#N)c1nn[nH]n1.CNN=C(C#N)C#N.[CH2-]N(C)[C-]=O.[Y]. The first kappa shape index (κ1) is 36.8. The van der Waals surface area contributed by atoms with Gasteiger partial charge in [0, 0.05) is 53.9 Å². The van der Waals surface area contributed by atoms with Crippen molar-refractivity contribution in [2.24, 2.45) is 21.0 Å². The summed E-state index contributed by atoms with van der Waals surface area (Å²) in [4.78, 5) is 20.5. The van der Waals surface area contributed by atoms with E-state index in [0.29, 0.717) is 0 Å². The number of nitriles is 4. The molecule has 0 fully saturated rings. The van der Waals surface area contributed by atoms with Crippen molar-refractivity contribution < 1.29 is 42.3 Å². The van der Waals surface area contributed by atoms with Crippen LogP contribution in [0.1, 0.15) is 5.82 Å². The summed E-state index contributed by atoms with van der Waals surface area (Å²) in [5.41, 5.74) is 11.3. The van der Waals surface area contributed by atoms with E-state index in [-0.39, 0.29) is 55.7 Å². The maximum absolute atomic E-state index is 10.1. The summed E-state index contributed by atoms with van der Waals surface area (Å²) in [5, 5.41) is 55.4. The smallest absolute Gasteiger partial charge is 0.280 e. The zero-order valence-corrected chi connectivity index (χ0v) is 21.4. The number of carbonyl (C=O) groups excluding carboxylic acids is 2. The third-order valence-corrected chi connectivity index (χ3v) is 2.04. The second-order valence-corrected chi connectivity index (χ2v) is 4.39. The van der Waals surface area contributed by atoms with Gasteiger partial charge in [0.25, 0.3) is 5.91 Å². The molecule has 0 aliphatic rings. The summed E-state index contributed by atoms with van der Waals surface area (Å²) >= 11 is 0. The van der Waals surface area contributed by atoms with Crippen molar-refractivity contribution in [3.05, 3.63) is 12.9 Å². The number of carbonyl (C=O) groups is 1. The van der Waals surface area contributed by atoms with Crippen LogP contribution < -0.4 is 22.0 Å². The molecule has 1 aromatic rings. The zero-order valence-electron chi connectivity index (χ0n) is 18.6. The van der Waals surface area contributed by atoms with Gasteiger partial charge in [-0.3, -0.25) is 11.8 Å². The number of tetrazole rings is 1. The summed E-state index contributed by atoms with van der Waals surface area (Å²) < 4.78 is 0. The molecule has 0 aromatic carbocycles. The van der Waals surface area contributed by atoms with Crippen molar-refractivity contribution >= 4 is 29.5 Å². The summed E-state index contributed by atoms with van der Waals surface area (Å²) in [7, 11) is 9.26. The second kappa shape index (κ2) is 26.5. The normalized spacial score (nSPS) is 8.50. The van der Waals surface area contributed by atoms with Crippen LogP contribution in [0.15, 0.2) is 15.3 Å². The molecule has 177 valence electrons. The van der Waals surface area contributed by atoms with Gasteiger partial charge in [-0.15, -0.1) is 10.2 Å². The van der Waals surface area contributed by atoms with Crippen LogP contribution in [0.25, 0.3) is 0 Å². The molecule has 1 radical (unpaired) electrons. The molecule has 19 heteroatoms. The van der Waals surface area contributed by atoms with Gasteiger partial charge in [-0.1, -0.05) is 7.05 Å². The number of nitrogens with two attached hydrogens (primary N) is 1. The first-order valence-electron chi connectivity index (χ1n) is 8.01. The number of aromatic nitrogens is 4. The van der Waals surface area contributed by atoms with Crippen LogP contribution in [0.3, 0.4) is 0 Å². The molecule has 18 nitrogen and oxygen atoms in total. The number of amides is 2. The Hall–Kier alpha value is -4.52. The maximum Gasteiger partial charge on any atom is 0.280 e. The fraction of sp³-hybridized carbons (Fsp3) is 0.267. The van der Waals surface area contributed by atoms with E-state index in [2.05, 4.69) is 59.3 Å². The molecule has 1 rings (SSSR count). The van der Waals surface area contributed by atoms with Crippen LogP contribution in [-0.2, 0) is 42.3 Å². The Kier molecular flexibility index (Phi) is 28.7. The molecule has 0 saturated heterocycles.